The van der Waals surface area contributed by atoms with Gasteiger partial charge in [-0.2, -0.15) is 0 Å². The second-order valence-corrected chi connectivity index (χ2v) is 5.38. The first kappa shape index (κ1) is 18.5. The van der Waals surface area contributed by atoms with Gasteiger partial charge < -0.3 is 19.3 Å². The average Bonchev–Trinajstić information content (AvgIpc) is 2.50. The first-order chi connectivity index (χ1) is 10.7. The summed E-state index contributed by atoms with van der Waals surface area (Å²) in [7, 11) is 0. The van der Waals surface area contributed by atoms with Crippen LogP contribution in [0.4, 0.5) is 0 Å². The number of aromatic hydroxyl groups is 1. The number of hydrogen-bond acceptors (Lipinski definition) is 4. The zero-order valence-electron chi connectivity index (χ0n) is 14.2. The summed E-state index contributed by atoms with van der Waals surface area (Å²) < 4.78 is 17.4. The van der Waals surface area contributed by atoms with Crippen LogP contribution in [-0.4, -0.2) is 24.9 Å². The van der Waals surface area contributed by atoms with Gasteiger partial charge in [-0.15, -0.1) is 0 Å². The molecule has 0 saturated heterocycles. The third kappa shape index (κ3) is 6.46. The summed E-state index contributed by atoms with van der Waals surface area (Å²) in [4.78, 5) is 0. The number of ether oxygens (including phenoxy) is 3. The molecule has 0 unspecified atom stereocenters. The minimum atomic E-state index is 0.140. The topological polar surface area (TPSA) is 47.9 Å². The summed E-state index contributed by atoms with van der Waals surface area (Å²) in [6.07, 6.45) is 6.10. The van der Waals surface area contributed by atoms with Crippen molar-refractivity contribution in [3.05, 3.63) is 12.1 Å². The lowest BCUT2D eigenvalue weighted by Crippen LogP contribution is -2.05. The van der Waals surface area contributed by atoms with Gasteiger partial charge in [0, 0.05) is 12.1 Å². The normalized spacial score (nSPS) is 10.5. The maximum atomic E-state index is 9.89. The summed E-state index contributed by atoms with van der Waals surface area (Å²) in [5.41, 5.74) is 0. The molecule has 0 aromatic heterocycles. The predicted molar refractivity (Wildman–Crippen MR) is 89.3 cm³/mol. The van der Waals surface area contributed by atoms with Gasteiger partial charge in [-0.3, -0.25) is 0 Å². The fourth-order valence-corrected chi connectivity index (χ4v) is 1.89. The molecule has 0 atom stereocenters. The predicted octanol–water partition coefficient (Wildman–Crippen LogP) is 4.93. The number of phenols is 1. The van der Waals surface area contributed by atoms with Gasteiger partial charge in [-0.05, 0) is 19.3 Å². The molecule has 0 aliphatic heterocycles. The van der Waals surface area contributed by atoms with Crippen molar-refractivity contribution in [3.63, 3.8) is 0 Å². The lowest BCUT2D eigenvalue weighted by molar-refractivity contribution is 0.235. The van der Waals surface area contributed by atoms with Gasteiger partial charge in [0.05, 0.1) is 19.8 Å². The molecule has 1 N–H and O–H groups in total. The highest BCUT2D eigenvalue weighted by atomic mass is 16.5. The fraction of sp³-hybridized carbons (Fsp3) is 0.667. The molecule has 0 amide bonds. The molecule has 0 bridgehead atoms. The molecule has 0 aliphatic rings. The lowest BCUT2D eigenvalue weighted by Gasteiger charge is -2.17. The maximum Gasteiger partial charge on any atom is 0.203 e. The molecule has 1 aromatic rings. The van der Waals surface area contributed by atoms with Crippen molar-refractivity contribution in [1.29, 1.82) is 0 Å². The minimum absolute atomic E-state index is 0.140. The van der Waals surface area contributed by atoms with Crippen molar-refractivity contribution in [3.8, 4) is 23.0 Å². The second-order valence-electron chi connectivity index (χ2n) is 5.38. The van der Waals surface area contributed by atoms with E-state index < -0.39 is 0 Å². The zero-order chi connectivity index (χ0) is 16.2. The first-order valence-electron chi connectivity index (χ1n) is 8.48. The van der Waals surface area contributed by atoms with Crippen LogP contribution >= 0.6 is 0 Å². The highest BCUT2D eigenvalue weighted by molar-refractivity contribution is 5.55. The van der Waals surface area contributed by atoms with Crippen LogP contribution in [0.1, 0.15) is 59.3 Å². The molecule has 4 heteroatoms. The maximum absolute atomic E-state index is 9.89. The van der Waals surface area contributed by atoms with E-state index in [0.717, 1.165) is 38.5 Å². The van der Waals surface area contributed by atoms with Crippen LogP contribution in [0.3, 0.4) is 0 Å². The Balaban J connectivity index is 2.88. The minimum Gasteiger partial charge on any atom is -0.508 e. The third-order valence-corrected chi connectivity index (χ3v) is 3.26. The molecule has 0 aliphatic carbocycles. The van der Waals surface area contributed by atoms with Crippen molar-refractivity contribution in [2.75, 3.05) is 19.8 Å². The Bertz CT molecular complexity index is 387. The SMILES string of the molecule is CCCCOc1cc(O)cc(OCCCC)c1OCCCC. The van der Waals surface area contributed by atoms with E-state index >= 15 is 0 Å². The van der Waals surface area contributed by atoms with Crippen LogP contribution in [0.25, 0.3) is 0 Å². The number of hydrogen-bond donors (Lipinski definition) is 1. The van der Waals surface area contributed by atoms with Crippen molar-refractivity contribution in [1.82, 2.24) is 0 Å². The molecule has 0 spiro atoms. The van der Waals surface area contributed by atoms with Gasteiger partial charge in [0.15, 0.2) is 11.5 Å². The molecule has 22 heavy (non-hydrogen) atoms. The molecule has 4 nitrogen and oxygen atoms in total. The second kappa shape index (κ2) is 11.0. The zero-order valence-corrected chi connectivity index (χ0v) is 14.2. The monoisotopic (exact) mass is 310 g/mol. The lowest BCUT2D eigenvalue weighted by atomic mass is 10.2. The highest BCUT2D eigenvalue weighted by Crippen LogP contribution is 2.41. The Labute approximate surface area is 134 Å². The van der Waals surface area contributed by atoms with Crippen LogP contribution in [0.2, 0.25) is 0 Å². The Morgan fingerprint density at radius 1 is 0.727 bits per heavy atom. The van der Waals surface area contributed by atoms with Gasteiger partial charge in [0.1, 0.15) is 5.75 Å². The van der Waals surface area contributed by atoms with E-state index in [0.29, 0.717) is 37.1 Å². The largest absolute Gasteiger partial charge is 0.508 e. The van der Waals surface area contributed by atoms with Gasteiger partial charge >= 0.3 is 0 Å². The quantitative estimate of drug-likeness (QED) is 0.556. The van der Waals surface area contributed by atoms with E-state index in [1.54, 1.807) is 12.1 Å². The van der Waals surface area contributed by atoms with E-state index in [-0.39, 0.29) is 5.75 Å². The summed E-state index contributed by atoms with van der Waals surface area (Å²) in [6, 6.07) is 3.20. The molecule has 1 aromatic carbocycles. The Kier molecular flexibility index (Phi) is 9.28. The molecule has 0 radical (unpaired) electrons. The van der Waals surface area contributed by atoms with E-state index in [4.69, 9.17) is 14.2 Å². The third-order valence-electron chi connectivity index (χ3n) is 3.26. The van der Waals surface area contributed by atoms with Gasteiger partial charge in [0.25, 0.3) is 0 Å². The van der Waals surface area contributed by atoms with E-state index in [9.17, 15) is 5.11 Å². The molecular weight excluding hydrogens is 280 g/mol. The number of phenolic OH excluding ortho intramolecular Hbond substituents is 1. The van der Waals surface area contributed by atoms with E-state index in [1.807, 2.05) is 0 Å². The molecule has 126 valence electrons. The number of benzene rings is 1. The number of rotatable bonds is 12. The van der Waals surface area contributed by atoms with Crippen LogP contribution in [0, 0.1) is 0 Å². The molecular formula is C18H30O4. The Morgan fingerprint density at radius 3 is 1.55 bits per heavy atom. The van der Waals surface area contributed by atoms with Crippen molar-refractivity contribution >= 4 is 0 Å². The smallest absolute Gasteiger partial charge is 0.203 e. The highest BCUT2D eigenvalue weighted by Gasteiger charge is 2.15. The summed E-state index contributed by atoms with van der Waals surface area (Å²) in [5, 5.41) is 9.89. The van der Waals surface area contributed by atoms with Gasteiger partial charge in [-0.25, -0.2) is 0 Å². The first-order valence-corrected chi connectivity index (χ1v) is 8.48. The summed E-state index contributed by atoms with van der Waals surface area (Å²) >= 11 is 0. The van der Waals surface area contributed by atoms with Gasteiger partial charge in [0.2, 0.25) is 5.75 Å². The molecule has 0 fully saturated rings. The molecule has 0 heterocycles. The van der Waals surface area contributed by atoms with Crippen LogP contribution in [0.5, 0.6) is 23.0 Å². The number of unbranched alkanes of at least 4 members (excludes halogenated alkanes) is 3. The molecule has 1 rings (SSSR count). The van der Waals surface area contributed by atoms with Crippen LogP contribution in [-0.2, 0) is 0 Å². The summed E-state index contributed by atoms with van der Waals surface area (Å²) in [5.74, 6) is 1.88. The summed E-state index contributed by atoms with van der Waals surface area (Å²) in [6.45, 7) is 8.19. The standard InChI is InChI=1S/C18H30O4/c1-4-7-10-20-16-13-15(19)14-17(21-11-8-5-2)18(16)22-12-9-6-3/h13-14,19H,4-12H2,1-3H3. The van der Waals surface area contributed by atoms with Crippen LogP contribution in [0.15, 0.2) is 12.1 Å². The molecule has 0 saturated carbocycles. The van der Waals surface area contributed by atoms with Crippen LogP contribution < -0.4 is 14.2 Å². The van der Waals surface area contributed by atoms with E-state index in [2.05, 4.69) is 20.8 Å². The van der Waals surface area contributed by atoms with E-state index in [1.165, 1.54) is 0 Å². The Morgan fingerprint density at radius 2 is 1.14 bits per heavy atom. The average molecular weight is 310 g/mol. The van der Waals surface area contributed by atoms with Crippen molar-refractivity contribution in [2.45, 2.75) is 59.3 Å². The van der Waals surface area contributed by atoms with Crippen molar-refractivity contribution in [2.24, 2.45) is 0 Å². The van der Waals surface area contributed by atoms with Gasteiger partial charge in [-0.1, -0.05) is 40.0 Å². The Hall–Kier alpha value is -1.58. The van der Waals surface area contributed by atoms with Crippen molar-refractivity contribution < 1.29 is 19.3 Å². The fourth-order valence-electron chi connectivity index (χ4n) is 1.89.